The van der Waals surface area contributed by atoms with Gasteiger partial charge in [0.05, 0.1) is 6.54 Å². The number of piperidine rings is 1. The van der Waals surface area contributed by atoms with Crippen molar-refractivity contribution in [3.63, 3.8) is 0 Å². The highest BCUT2D eigenvalue weighted by Crippen LogP contribution is 2.22. The van der Waals surface area contributed by atoms with Gasteiger partial charge in [-0.15, -0.1) is 0 Å². The zero-order chi connectivity index (χ0) is 17.8. The van der Waals surface area contributed by atoms with Gasteiger partial charge >= 0.3 is 6.18 Å². The first-order valence-corrected chi connectivity index (χ1v) is 9.10. The van der Waals surface area contributed by atoms with E-state index in [1.54, 1.807) is 6.07 Å². The Morgan fingerprint density at radius 3 is 2.46 bits per heavy atom. The molecular weight excluding hydrogens is 345 g/mol. The third-order valence-electron chi connectivity index (χ3n) is 4.00. The van der Waals surface area contributed by atoms with Gasteiger partial charge in [-0.25, -0.2) is 18.1 Å². The number of nitrogens with one attached hydrogen (secondary N) is 2. The van der Waals surface area contributed by atoms with Gasteiger partial charge in [-0.05, 0) is 51.0 Å². The predicted octanol–water partition coefficient (Wildman–Crippen LogP) is 1.68. The molecule has 2 heterocycles. The van der Waals surface area contributed by atoms with Crippen molar-refractivity contribution in [1.82, 2.24) is 14.6 Å². The van der Waals surface area contributed by atoms with Gasteiger partial charge in [0.15, 0.2) is 0 Å². The van der Waals surface area contributed by atoms with E-state index in [9.17, 15) is 21.6 Å². The van der Waals surface area contributed by atoms with Crippen molar-refractivity contribution in [2.45, 2.75) is 23.9 Å². The smallest absolute Gasteiger partial charge is 0.370 e. The second-order valence-electron chi connectivity index (χ2n) is 5.80. The van der Waals surface area contributed by atoms with Gasteiger partial charge in [0.1, 0.15) is 10.7 Å². The molecular formula is C14H21F3N4O2S. The fraction of sp³-hybridized carbons (Fsp3) is 0.643. The van der Waals surface area contributed by atoms with Crippen LogP contribution in [0.5, 0.6) is 0 Å². The zero-order valence-electron chi connectivity index (χ0n) is 13.3. The van der Waals surface area contributed by atoms with E-state index in [0.717, 1.165) is 0 Å². The van der Waals surface area contributed by atoms with Crippen LogP contribution in [0, 0.1) is 5.92 Å². The van der Waals surface area contributed by atoms with Crippen LogP contribution in [0.15, 0.2) is 23.2 Å². The molecule has 10 heteroatoms. The molecule has 0 saturated carbocycles. The Bertz CT molecular complexity index is 626. The van der Waals surface area contributed by atoms with E-state index >= 15 is 0 Å². The standard InChI is InChI=1S/C14H21F3N4O2S/c1-18-24(22,23)12-2-3-13(20-9-12)19-8-11-4-6-21(7-5-11)10-14(15,16)17/h2-3,9,11,18H,4-8,10H2,1H3,(H,19,20). The van der Waals surface area contributed by atoms with Crippen LogP contribution in [0.25, 0.3) is 0 Å². The quantitative estimate of drug-likeness (QED) is 0.801. The van der Waals surface area contributed by atoms with Gasteiger partial charge in [0, 0.05) is 12.7 Å². The number of hydrogen-bond donors (Lipinski definition) is 2. The number of likely N-dealkylation sites (tertiary alicyclic amines) is 1. The highest BCUT2D eigenvalue weighted by Gasteiger charge is 2.32. The first-order chi connectivity index (χ1) is 11.2. The second-order valence-corrected chi connectivity index (χ2v) is 7.69. The first-order valence-electron chi connectivity index (χ1n) is 7.62. The molecule has 2 rings (SSSR count). The van der Waals surface area contributed by atoms with Crippen LogP contribution in [0.2, 0.25) is 0 Å². The van der Waals surface area contributed by atoms with Crippen LogP contribution in [-0.2, 0) is 10.0 Å². The van der Waals surface area contributed by atoms with Crippen molar-refractivity contribution >= 4 is 15.8 Å². The molecule has 6 nitrogen and oxygen atoms in total. The molecule has 136 valence electrons. The lowest BCUT2D eigenvalue weighted by atomic mass is 9.97. The summed E-state index contributed by atoms with van der Waals surface area (Å²) in [6.07, 6.45) is -1.50. The van der Waals surface area contributed by atoms with Gasteiger partial charge in [0.25, 0.3) is 0 Å². The minimum atomic E-state index is -4.15. The Morgan fingerprint density at radius 2 is 1.96 bits per heavy atom. The minimum Gasteiger partial charge on any atom is -0.370 e. The van der Waals surface area contributed by atoms with Gasteiger partial charge < -0.3 is 5.32 Å². The van der Waals surface area contributed by atoms with Crippen molar-refractivity contribution in [3.8, 4) is 0 Å². The molecule has 1 aliphatic rings. The predicted molar refractivity (Wildman–Crippen MR) is 84.2 cm³/mol. The lowest BCUT2D eigenvalue weighted by molar-refractivity contribution is -0.148. The average molecular weight is 366 g/mol. The number of pyridine rings is 1. The van der Waals surface area contributed by atoms with E-state index in [1.165, 1.54) is 24.2 Å². The highest BCUT2D eigenvalue weighted by molar-refractivity contribution is 7.89. The first kappa shape index (κ1) is 18.9. The van der Waals surface area contributed by atoms with Crippen LogP contribution in [0.3, 0.4) is 0 Å². The van der Waals surface area contributed by atoms with E-state index in [1.807, 2.05) is 0 Å². The van der Waals surface area contributed by atoms with Gasteiger partial charge in [0.2, 0.25) is 10.0 Å². The van der Waals surface area contributed by atoms with Crippen LogP contribution in [-0.4, -0.2) is 57.7 Å². The third-order valence-corrected chi connectivity index (χ3v) is 5.40. The molecule has 0 aliphatic carbocycles. The molecule has 0 radical (unpaired) electrons. The number of alkyl halides is 3. The largest absolute Gasteiger partial charge is 0.401 e. The van der Waals surface area contributed by atoms with Gasteiger partial charge in [-0.3, -0.25) is 4.90 Å². The Labute approximate surface area is 139 Å². The van der Waals surface area contributed by atoms with Crippen molar-refractivity contribution in [2.75, 3.05) is 38.5 Å². The Balaban J connectivity index is 1.79. The maximum Gasteiger partial charge on any atom is 0.401 e. The van der Waals surface area contributed by atoms with E-state index in [2.05, 4.69) is 15.0 Å². The summed E-state index contributed by atoms with van der Waals surface area (Å²) in [7, 11) is -2.18. The molecule has 1 aromatic heterocycles. The van der Waals surface area contributed by atoms with E-state index in [4.69, 9.17) is 0 Å². The Morgan fingerprint density at radius 1 is 1.29 bits per heavy atom. The molecule has 0 unspecified atom stereocenters. The molecule has 0 amide bonds. The normalized spacial score (nSPS) is 17.8. The van der Waals surface area contributed by atoms with Gasteiger partial charge in [-0.2, -0.15) is 13.2 Å². The number of halogens is 3. The molecule has 0 atom stereocenters. The molecule has 1 aliphatic heterocycles. The Hall–Kier alpha value is -1.39. The van der Waals surface area contributed by atoms with Crippen molar-refractivity contribution in [3.05, 3.63) is 18.3 Å². The Kier molecular flexibility index (Phi) is 6.05. The summed E-state index contributed by atoms with van der Waals surface area (Å²) >= 11 is 0. The summed E-state index contributed by atoms with van der Waals surface area (Å²) in [5.41, 5.74) is 0. The lowest BCUT2D eigenvalue weighted by Gasteiger charge is -2.32. The maximum atomic E-state index is 12.3. The monoisotopic (exact) mass is 366 g/mol. The number of rotatable bonds is 6. The van der Waals surface area contributed by atoms with E-state index in [0.29, 0.717) is 38.3 Å². The summed E-state index contributed by atoms with van der Waals surface area (Å²) < 4.78 is 62.4. The van der Waals surface area contributed by atoms with Crippen LogP contribution >= 0.6 is 0 Å². The fourth-order valence-electron chi connectivity index (χ4n) is 2.61. The topological polar surface area (TPSA) is 74.3 Å². The van der Waals surface area contributed by atoms with Crippen LogP contribution < -0.4 is 10.0 Å². The van der Waals surface area contributed by atoms with Crippen molar-refractivity contribution in [1.29, 1.82) is 0 Å². The summed E-state index contributed by atoms with van der Waals surface area (Å²) in [6.45, 7) is 0.609. The number of sulfonamides is 1. The lowest BCUT2D eigenvalue weighted by Crippen LogP contribution is -2.41. The molecule has 2 N–H and O–H groups in total. The molecule has 0 spiro atoms. The van der Waals surface area contributed by atoms with Gasteiger partial charge in [-0.1, -0.05) is 0 Å². The molecule has 1 saturated heterocycles. The molecule has 0 aromatic carbocycles. The van der Waals surface area contributed by atoms with E-state index in [-0.39, 0.29) is 10.8 Å². The zero-order valence-corrected chi connectivity index (χ0v) is 14.1. The van der Waals surface area contributed by atoms with Crippen molar-refractivity contribution < 1.29 is 21.6 Å². The summed E-state index contributed by atoms with van der Waals surface area (Å²) in [6, 6.07) is 3.02. The molecule has 1 fully saturated rings. The van der Waals surface area contributed by atoms with Crippen LogP contribution in [0.1, 0.15) is 12.8 Å². The van der Waals surface area contributed by atoms with E-state index < -0.39 is 22.7 Å². The molecule has 24 heavy (non-hydrogen) atoms. The SMILES string of the molecule is CNS(=O)(=O)c1ccc(NCC2CCN(CC(F)(F)F)CC2)nc1. The number of anilines is 1. The van der Waals surface area contributed by atoms with Crippen molar-refractivity contribution in [2.24, 2.45) is 5.92 Å². The highest BCUT2D eigenvalue weighted by atomic mass is 32.2. The second kappa shape index (κ2) is 7.66. The molecule has 1 aromatic rings. The fourth-order valence-corrected chi connectivity index (χ4v) is 3.29. The maximum absolute atomic E-state index is 12.3. The number of nitrogens with zero attached hydrogens (tertiary/aromatic N) is 2. The van der Waals surface area contributed by atoms with Crippen LogP contribution in [0.4, 0.5) is 19.0 Å². The minimum absolute atomic E-state index is 0.0796. The number of aromatic nitrogens is 1. The average Bonchev–Trinajstić information content (AvgIpc) is 2.53. The summed E-state index contributed by atoms with van der Waals surface area (Å²) in [5, 5.41) is 3.11. The summed E-state index contributed by atoms with van der Waals surface area (Å²) in [4.78, 5) is 5.55. The molecule has 0 bridgehead atoms. The summed E-state index contributed by atoms with van der Waals surface area (Å²) in [5.74, 6) is 0.819. The third kappa shape index (κ3) is 5.60. The number of hydrogen-bond acceptors (Lipinski definition) is 5.